The monoisotopic (exact) mass is 537 g/mol. The predicted octanol–water partition coefficient (Wildman–Crippen LogP) is 5.92. The van der Waals surface area contributed by atoms with Gasteiger partial charge in [-0.05, 0) is 59.9 Å². The van der Waals surface area contributed by atoms with Gasteiger partial charge in [-0.25, -0.2) is 9.07 Å². The maximum absolute atomic E-state index is 14.9. The quantitative estimate of drug-likeness (QED) is 0.215. The summed E-state index contributed by atoms with van der Waals surface area (Å²) >= 11 is 0. The molecule has 1 aliphatic rings. The van der Waals surface area contributed by atoms with Crippen LogP contribution in [-0.4, -0.2) is 20.7 Å². The average Bonchev–Trinajstić information content (AvgIpc) is 3.64. The lowest BCUT2D eigenvalue weighted by molar-refractivity contribution is -0.141. The zero-order valence-electron chi connectivity index (χ0n) is 20.5. The van der Waals surface area contributed by atoms with Crippen molar-refractivity contribution in [3.05, 3.63) is 119 Å². The highest BCUT2D eigenvalue weighted by atomic mass is 19.4. The van der Waals surface area contributed by atoms with Crippen LogP contribution in [0.2, 0.25) is 0 Å². The molecule has 11 heteroatoms. The first-order valence-corrected chi connectivity index (χ1v) is 12.0. The summed E-state index contributed by atoms with van der Waals surface area (Å²) in [5, 5.41) is 6.01. The standard InChI is InChI=1S/C28H23F4N5O2/c29-22-9-8-19(26(39-16-17-6-7-17)20-4-2-10-34-15-20)12-23(22)35-27(38)24-13-25(28(30,31)32)36-37(24)21-5-1-3-18(11-21)14-33/h1-5,8-13,15-16,26H,6-7,14,33H2,(H,35,38). The number of pyridine rings is 1. The van der Waals surface area contributed by atoms with Crippen molar-refractivity contribution in [3.8, 4) is 5.69 Å². The maximum atomic E-state index is 14.9. The van der Waals surface area contributed by atoms with E-state index >= 15 is 0 Å². The summed E-state index contributed by atoms with van der Waals surface area (Å²) in [7, 11) is 0. The Kier molecular flexibility index (Phi) is 7.16. The minimum Gasteiger partial charge on any atom is -0.489 e. The van der Waals surface area contributed by atoms with Gasteiger partial charge < -0.3 is 15.8 Å². The van der Waals surface area contributed by atoms with Gasteiger partial charge in [-0.3, -0.25) is 9.78 Å². The summed E-state index contributed by atoms with van der Waals surface area (Å²) in [5.41, 5.74) is 6.91. The van der Waals surface area contributed by atoms with Gasteiger partial charge in [-0.15, -0.1) is 0 Å². The predicted molar refractivity (Wildman–Crippen MR) is 135 cm³/mol. The van der Waals surface area contributed by atoms with E-state index in [1.54, 1.807) is 42.9 Å². The Bertz CT molecular complexity index is 1530. The van der Waals surface area contributed by atoms with E-state index in [0.29, 0.717) is 22.8 Å². The van der Waals surface area contributed by atoms with Crippen LogP contribution >= 0.6 is 0 Å². The van der Waals surface area contributed by atoms with Crippen molar-refractivity contribution in [2.45, 2.75) is 31.7 Å². The molecule has 1 amide bonds. The van der Waals surface area contributed by atoms with Crippen LogP contribution in [0.1, 0.15) is 51.8 Å². The molecule has 0 bridgehead atoms. The number of nitrogens with one attached hydrogen (secondary N) is 1. The molecular formula is C28H23F4N5O2. The Labute approximate surface area is 220 Å². The van der Waals surface area contributed by atoms with Crippen molar-refractivity contribution >= 4 is 11.6 Å². The fraction of sp³-hybridized carbons (Fsp3) is 0.179. The third-order valence-electron chi connectivity index (χ3n) is 6.06. The number of rotatable bonds is 8. The molecule has 0 saturated heterocycles. The lowest BCUT2D eigenvalue weighted by Crippen LogP contribution is -2.18. The molecule has 2 heterocycles. The third-order valence-corrected chi connectivity index (χ3v) is 6.06. The van der Waals surface area contributed by atoms with E-state index in [1.165, 1.54) is 24.3 Å². The number of ether oxygens (including phenoxy) is 1. The van der Waals surface area contributed by atoms with Crippen LogP contribution in [0.15, 0.2) is 84.9 Å². The van der Waals surface area contributed by atoms with Crippen molar-refractivity contribution in [1.29, 1.82) is 0 Å². The van der Waals surface area contributed by atoms with Gasteiger partial charge in [-0.2, -0.15) is 18.3 Å². The molecule has 1 aliphatic carbocycles. The summed E-state index contributed by atoms with van der Waals surface area (Å²) < 4.78 is 62.3. The van der Waals surface area contributed by atoms with E-state index in [2.05, 4.69) is 15.4 Å². The first-order chi connectivity index (χ1) is 18.7. The number of anilines is 1. The summed E-state index contributed by atoms with van der Waals surface area (Å²) in [4.78, 5) is 17.4. The molecule has 0 radical (unpaired) electrons. The van der Waals surface area contributed by atoms with Crippen LogP contribution in [0.4, 0.5) is 23.2 Å². The second-order valence-corrected chi connectivity index (χ2v) is 8.97. The van der Waals surface area contributed by atoms with Crippen molar-refractivity contribution in [2.75, 3.05) is 5.32 Å². The molecule has 7 nitrogen and oxygen atoms in total. The molecule has 0 aliphatic heterocycles. The van der Waals surface area contributed by atoms with Crippen LogP contribution in [0.5, 0.6) is 0 Å². The van der Waals surface area contributed by atoms with E-state index < -0.39 is 35.4 Å². The van der Waals surface area contributed by atoms with Gasteiger partial charge in [0, 0.05) is 30.6 Å². The summed E-state index contributed by atoms with van der Waals surface area (Å²) in [6.45, 7) is 0.137. The third kappa shape index (κ3) is 5.99. The number of carbonyl (C=O) groups is 1. The highest BCUT2D eigenvalue weighted by Crippen LogP contribution is 2.34. The van der Waals surface area contributed by atoms with E-state index in [-0.39, 0.29) is 17.9 Å². The summed E-state index contributed by atoms with van der Waals surface area (Å²) in [6.07, 6.45) is 1.30. The van der Waals surface area contributed by atoms with Crippen molar-refractivity contribution < 1.29 is 27.1 Å². The molecule has 3 N–H and O–H groups in total. The first kappa shape index (κ1) is 26.1. The van der Waals surface area contributed by atoms with Crippen molar-refractivity contribution in [2.24, 2.45) is 5.73 Å². The molecule has 39 heavy (non-hydrogen) atoms. The number of alkyl halides is 3. The molecule has 2 aromatic heterocycles. The highest BCUT2D eigenvalue weighted by molar-refractivity contribution is 6.03. The molecule has 1 fully saturated rings. The number of nitrogens with zero attached hydrogens (tertiary/aromatic N) is 3. The maximum Gasteiger partial charge on any atom is 0.435 e. The number of hydrogen-bond acceptors (Lipinski definition) is 5. The van der Waals surface area contributed by atoms with E-state index in [0.717, 1.165) is 29.2 Å². The smallest absolute Gasteiger partial charge is 0.435 e. The number of halogens is 4. The highest BCUT2D eigenvalue weighted by Gasteiger charge is 2.36. The van der Waals surface area contributed by atoms with Crippen LogP contribution in [0.25, 0.3) is 5.69 Å². The van der Waals surface area contributed by atoms with Crippen LogP contribution in [-0.2, 0) is 17.5 Å². The Morgan fingerprint density at radius 3 is 2.62 bits per heavy atom. The second kappa shape index (κ2) is 10.7. The van der Waals surface area contributed by atoms with Crippen LogP contribution in [0.3, 0.4) is 0 Å². The van der Waals surface area contributed by atoms with Crippen molar-refractivity contribution in [3.63, 3.8) is 0 Å². The zero-order valence-corrected chi connectivity index (χ0v) is 20.5. The van der Waals surface area contributed by atoms with Gasteiger partial charge in [-0.1, -0.05) is 24.3 Å². The number of hydrogen-bond donors (Lipinski definition) is 2. The Morgan fingerprint density at radius 2 is 1.92 bits per heavy atom. The number of carbonyl (C=O) groups excluding carboxylic acids is 1. The Hall–Kier alpha value is -4.51. The fourth-order valence-corrected chi connectivity index (χ4v) is 3.92. The normalized spacial score (nSPS) is 13.6. The molecule has 1 unspecified atom stereocenters. The fourth-order valence-electron chi connectivity index (χ4n) is 3.92. The molecule has 0 spiro atoms. The zero-order chi connectivity index (χ0) is 27.6. The molecule has 200 valence electrons. The molecule has 1 saturated carbocycles. The van der Waals surface area contributed by atoms with Gasteiger partial charge in [0.05, 0.1) is 17.6 Å². The van der Waals surface area contributed by atoms with Gasteiger partial charge in [0.1, 0.15) is 17.6 Å². The lowest BCUT2D eigenvalue weighted by Gasteiger charge is -2.19. The molecule has 4 aromatic rings. The Morgan fingerprint density at radius 1 is 1.10 bits per heavy atom. The molecule has 5 rings (SSSR count). The minimum absolute atomic E-state index is 0.137. The molecular weight excluding hydrogens is 514 g/mol. The largest absolute Gasteiger partial charge is 0.489 e. The average molecular weight is 538 g/mol. The number of amides is 1. The van der Waals surface area contributed by atoms with E-state index in [1.807, 2.05) is 0 Å². The first-order valence-electron chi connectivity index (χ1n) is 12.0. The van der Waals surface area contributed by atoms with Crippen LogP contribution < -0.4 is 11.1 Å². The number of allylic oxidation sites excluding steroid dienone is 1. The van der Waals surface area contributed by atoms with Gasteiger partial charge in [0.2, 0.25) is 0 Å². The summed E-state index contributed by atoms with van der Waals surface area (Å²) in [6, 6.07) is 14.5. The molecule has 1 atom stereocenters. The minimum atomic E-state index is -4.80. The van der Waals surface area contributed by atoms with Crippen molar-refractivity contribution in [1.82, 2.24) is 14.8 Å². The lowest BCUT2D eigenvalue weighted by atomic mass is 10.0. The number of nitrogens with two attached hydrogens (primary N) is 1. The molecule has 2 aromatic carbocycles. The van der Waals surface area contributed by atoms with Crippen LogP contribution in [0, 0.1) is 5.82 Å². The Balaban J connectivity index is 1.50. The van der Waals surface area contributed by atoms with E-state index in [9.17, 15) is 22.4 Å². The number of aromatic nitrogens is 3. The second-order valence-electron chi connectivity index (χ2n) is 8.97. The van der Waals surface area contributed by atoms with Gasteiger partial charge in [0.15, 0.2) is 5.69 Å². The van der Waals surface area contributed by atoms with Gasteiger partial charge >= 0.3 is 6.18 Å². The SMILES string of the molecule is NCc1cccc(-n2nc(C(F)(F)F)cc2C(=O)Nc2cc(C(OC=C3CC3)c3cccnc3)ccc2F)c1. The summed E-state index contributed by atoms with van der Waals surface area (Å²) in [5.74, 6) is -1.75. The van der Waals surface area contributed by atoms with E-state index in [4.69, 9.17) is 10.5 Å². The topological polar surface area (TPSA) is 95.1 Å². The number of benzene rings is 2. The van der Waals surface area contributed by atoms with Gasteiger partial charge in [0.25, 0.3) is 5.91 Å².